The molecule has 0 bridgehead atoms. The first kappa shape index (κ1) is 14.8. The molecule has 1 atom stereocenters. The van der Waals surface area contributed by atoms with Gasteiger partial charge in [-0.15, -0.1) is 0 Å². The second kappa shape index (κ2) is 7.25. The van der Waals surface area contributed by atoms with E-state index in [1.807, 2.05) is 6.07 Å². The van der Waals surface area contributed by atoms with Crippen molar-refractivity contribution in [1.29, 1.82) is 0 Å². The minimum Gasteiger partial charge on any atom is -0.313 e. The SMILES string of the molecule is CCCNC(Cc1cccc(F)c1Cl)C1CCCC1. The van der Waals surface area contributed by atoms with Gasteiger partial charge in [0.05, 0.1) is 5.02 Å². The maximum absolute atomic E-state index is 13.5. The highest BCUT2D eigenvalue weighted by molar-refractivity contribution is 6.31. The van der Waals surface area contributed by atoms with Gasteiger partial charge in [-0.1, -0.05) is 43.5 Å². The Hall–Kier alpha value is -0.600. The van der Waals surface area contributed by atoms with E-state index >= 15 is 0 Å². The third-order valence-electron chi connectivity index (χ3n) is 4.10. The zero-order valence-electron chi connectivity index (χ0n) is 11.6. The lowest BCUT2D eigenvalue weighted by Gasteiger charge is -2.25. The summed E-state index contributed by atoms with van der Waals surface area (Å²) in [6.45, 7) is 3.20. The van der Waals surface area contributed by atoms with Gasteiger partial charge in [0, 0.05) is 6.04 Å². The van der Waals surface area contributed by atoms with E-state index in [1.165, 1.54) is 31.7 Å². The lowest BCUT2D eigenvalue weighted by molar-refractivity contribution is 0.356. The summed E-state index contributed by atoms with van der Waals surface area (Å²) in [6, 6.07) is 5.56. The summed E-state index contributed by atoms with van der Waals surface area (Å²) in [5, 5.41) is 3.92. The highest BCUT2D eigenvalue weighted by atomic mass is 35.5. The molecule has 0 saturated heterocycles. The fourth-order valence-corrected chi connectivity index (χ4v) is 3.24. The molecule has 1 aliphatic carbocycles. The van der Waals surface area contributed by atoms with Gasteiger partial charge in [0.25, 0.3) is 0 Å². The monoisotopic (exact) mass is 283 g/mol. The van der Waals surface area contributed by atoms with Gasteiger partial charge in [-0.3, -0.25) is 0 Å². The molecule has 1 nitrogen and oxygen atoms in total. The molecule has 0 heterocycles. The van der Waals surface area contributed by atoms with Crippen molar-refractivity contribution < 1.29 is 4.39 Å². The molecule has 19 heavy (non-hydrogen) atoms. The number of hydrogen-bond donors (Lipinski definition) is 1. The van der Waals surface area contributed by atoms with Crippen molar-refractivity contribution in [2.75, 3.05) is 6.54 Å². The van der Waals surface area contributed by atoms with Crippen LogP contribution in [0.5, 0.6) is 0 Å². The zero-order chi connectivity index (χ0) is 13.7. The van der Waals surface area contributed by atoms with E-state index in [-0.39, 0.29) is 5.82 Å². The summed E-state index contributed by atoms with van der Waals surface area (Å²) < 4.78 is 13.5. The molecule has 3 heteroatoms. The van der Waals surface area contributed by atoms with Gasteiger partial charge < -0.3 is 5.32 Å². The molecule has 0 radical (unpaired) electrons. The Labute approximate surface area is 120 Å². The van der Waals surface area contributed by atoms with Crippen LogP contribution in [0.4, 0.5) is 4.39 Å². The minimum atomic E-state index is -0.306. The van der Waals surface area contributed by atoms with Gasteiger partial charge in [-0.05, 0) is 49.8 Å². The number of hydrogen-bond acceptors (Lipinski definition) is 1. The number of rotatable bonds is 6. The molecule has 106 valence electrons. The normalized spacial score (nSPS) is 17.8. The van der Waals surface area contributed by atoms with Crippen LogP contribution in [-0.2, 0) is 6.42 Å². The molecule has 1 aromatic rings. The molecule has 1 fully saturated rings. The van der Waals surface area contributed by atoms with Crippen LogP contribution in [0.15, 0.2) is 18.2 Å². The van der Waals surface area contributed by atoms with Crippen molar-refractivity contribution in [3.05, 3.63) is 34.6 Å². The predicted molar refractivity (Wildman–Crippen MR) is 79.2 cm³/mol. The lowest BCUT2D eigenvalue weighted by Crippen LogP contribution is -2.37. The van der Waals surface area contributed by atoms with Gasteiger partial charge in [0.15, 0.2) is 0 Å². The first-order valence-electron chi connectivity index (χ1n) is 7.38. The molecule has 0 spiro atoms. The van der Waals surface area contributed by atoms with Crippen molar-refractivity contribution in [2.24, 2.45) is 5.92 Å². The van der Waals surface area contributed by atoms with Crippen molar-refractivity contribution in [3.8, 4) is 0 Å². The van der Waals surface area contributed by atoms with E-state index in [4.69, 9.17) is 11.6 Å². The summed E-state index contributed by atoms with van der Waals surface area (Å²) in [4.78, 5) is 0. The average molecular weight is 284 g/mol. The van der Waals surface area contributed by atoms with Gasteiger partial charge in [0.1, 0.15) is 5.82 Å². The fraction of sp³-hybridized carbons (Fsp3) is 0.625. The summed E-state index contributed by atoms with van der Waals surface area (Å²) >= 11 is 6.08. The molecule has 1 N–H and O–H groups in total. The molecule has 0 amide bonds. The maximum Gasteiger partial charge on any atom is 0.142 e. The maximum atomic E-state index is 13.5. The molecule has 1 aliphatic rings. The van der Waals surface area contributed by atoms with Crippen molar-refractivity contribution in [1.82, 2.24) is 5.32 Å². The Morgan fingerprint density at radius 3 is 2.79 bits per heavy atom. The van der Waals surface area contributed by atoms with E-state index in [1.54, 1.807) is 6.07 Å². The van der Waals surface area contributed by atoms with E-state index in [2.05, 4.69) is 12.2 Å². The van der Waals surface area contributed by atoms with Gasteiger partial charge in [-0.25, -0.2) is 4.39 Å². The van der Waals surface area contributed by atoms with Crippen LogP contribution in [0.3, 0.4) is 0 Å². The standard InChI is InChI=1S/C16H23ClFN/c1-2-10-19-15(12-6-3-4-7-12)11-13-8-5-9-14(18)16(13)17/h5,8-9,12,15,19H,2-4,6-7,10-11H2,1H3. The van der Waals surface area contributed by atoms with E-state index in [0.717, 1.165) is 24.9 Å². The molecule has 0 aromatic heterocycles. The second-order valence-electron chi connectivity index (χ2n) is 5.52. The Morgan fingerprint density at radius 2 is 2.11 bits per heavy atom. The largest absolute Gasteiger partial charge is 0.313 e. The average Bonchev–Trinajstić information content (AvgIpc) is 2.93. The smallest absolute Gasteiger partial charge is 0.142 e. The summed E-state index contributed by atoms with van der Waals surface area (Å²) in [7, 11) is 0. The number of nitrogens with one attached hydrogen (secondary N) is 1. The summed E-state index contributed by atoms with van der Waals surface area (Å²) in [5.41, 5.74) is 0.933. The van der Waals surface area contributed by atoms with Crippen molar-refractivity contribution in [3.63, 3.8) is 0 Å². The number of halogens is 2. The van der Waals surface area contributed by atoms with Gasteiger partial charge >= 0.3 is 0 Å². The van der Waals surface area contributed by atoms with Crippen LogP contribution < -0.4 is 5.32 Å². The van der Waals surface area contributed by atoms with Crippen molar-refractivity contribution in [2.45, 2.75) is 51.5 Å². The molecule has 1 unspecified atom stereocenters. The molecule has 1 saturated carbocycles. The zero-order valence-corrected chi connectivity index (χ0v) is 12.3. The van der Waals surface area contributed by atoms with E-state index in [0.29, 0.717) is 17.0 Å². The molecule has 2 rings (SSSR count). The van der Waals surface area contributed by atoms with E-state index < -0.39 is 0 Å². The second-order valence-corrected chi connectivity index (χ2v) is 5.90. The van der Waals surface area contributed by atoms with Crippen LogP contribution in [0.25, 0.3) is 0 Å². The third-order valence-corrected chi connectivity index (χ3v) is 4.52. The van der Waals surface area contributed by atoms with Gasteiger partial charge in [-0.2, -0.15) is 0 Å². The number of benzene rings is 1. The van der Waals surface area contributed by atoms with Crippen LogP contribution in [0, 0.1) is 11.7 Å². The highest BCUT2D eigenvalue weighted by Crippen LogP contribution is 2.31. The summed E-state index contributed by atoms with van der Waals surface area (Å²) in [6.07, 6.45) is 7.18. The Kier molecular flexibility index (Phi) is 5.65. The van der Waals surface area contributed by atoms with Crippen LogP contribution in [-0.4, -0.2) is 12.6 Å². The first-order chi connectivity index (χ1) is 9.22. The summed E-state index contributed by atoms with van der Waals surface area (Å²) in [5.74, 6) is 0.408. The molecule has 1 aromatic carbocycles. The molecular formula is C16H23ClFN. The van der Waals surface area contributed by atoms with Crippen molar-refractivity contribution >= 4 is 11.6 Å². The Bertz CT molecular complexity index is 402. The first-order valence-corrected chi connectivity index (χ1v) is 7.76. The quantitative estimate of drug-likeness (QED) is 0.806. The predicted octanol–water partition coefficient (Wildman–Crippen LogP) is 4.58. The van der Waals surface area contributed by atoms with Crippen LogP contribution in [0.1, 0.15) is 44.6 Å². The third kappa shape index (κ3) is 3.93. The Balaban J connectivity index is 2.07. The Morgan fingerprint density at radius 1 is 1.37 bits per heavy atom. The van der Waals surface area contributed by atoms with Crippen LogP contribution in [0.2, 0.25) is 5.02 Å². The fourth-order valence-electron chi connectivity index (χ4n) is 3.04. The molecule has 0 aliphatic heterocycles. The van der Waals surface area contributed by atoms with Crippen LogP contribution >= 0.6 is 11.6 Å². The highest BCUT2D eigenvalue weighted by Gasteiger charge is 2.25. The topological polar surface area (TPSA) is 12.0 Å². The lowest BCUT2D eigenvalue weighted by atomic mass is 9.92. The minimum absolute atomic E-state index is 0.295. The van der Waals surface area contributed by atoms with Gasteiger partial charge in [0.2, 0.25) is 0 Å². The van der Waals surface area contributed by atoms with E-state index in [9.17, 15) is 4.39 Å². The molecular weight excluding hydrogens is 261 g/mol.